The van der Waals surface area contributed by atoms with Gasteiger partial charge in [-0.1, -0.05) is 50.2 Å². The number of para-hydroxylation sites is 2. The Hall–Kier alpha value is -3.26. The SMILES string of the molecule is Cc1ccccc1-[n+]1ccc(-c2cc[n+](-c3ccccc3C(C)C)cc2)cc1. The van der Waals surface area contributed by atoms with Crippen molar-refractivity contribution in [2.24, 2.45) is 0 Å². The summed E-state index contributed by atoms with van der Waals surface area (Å²) in [6, 6.07) is 25.8. The molecule has 0 aliphatic carbocycles. The molecule has 2 aromatic carbocycles. The zero-order chi connectivity index (χ0) is 19.5. The van der Waals surface area contributed by atoms with Crippen molar-refractivity contribution in [1.82, 2.24) is 0 Å². The third-order valence-electron chi connectivity index (χ3n) is 5.22. The highest BCUT2D eigenvalue weighted by Gasteiger charge is 2.15. The molecule has 0 amide bonds. The molecule has 0 aliphatic rings. The van der Waals surface area contributed by atoms with E-state index < -0.39 is 0 Å². The van der Waals surface area contributed by atoms with Gasteiger partial charge in [0.1, 0.15) is 0 Å². The first-order valence-corrected chi connectivity index (χ1v) is 9.82. The molecule has 0 spiro atoms. The van der Waals surface area contributed by atoms with E-state index in [2.05, 4.69) is 127 Å². The van der Waals surface area contributed by atoms with E-state index in [1.54, 1.807) is 0 Å². The van der Waals surface area contributed by atoms with Crippen molar-refractivity contribution < 1.29 is 9.13 Å². The molecule has 138 valence electrons. The van der Waals surface area contributed by atoms with Gasteiger partial charge < -0.3 is 0 Å². The van der Waals surface area contributed by atoms with Gasteiger partial charge in [0.05, 0.1) is 0 Å². The smallest absolute Gasteiger partial charge is 0.167 e. The van der Waals surface area contributed by atoms with Crippen LogP contribution in [0.4, 0.5) is 0 Å². The van der Waals surface area contributed by atoms with Crippen LogP contribution in [0.25, 0.3) is 22.5 Å². The number of hydrogen-bond acceptors (Lipinski definition) is 0. The van der Waals surface area contributed by atoms with Crippen LogP contribution in [0.3, 0.4) is 0 Å². The lowest BCUT2D eigenvalue weighted by molar-refractivity contribution is -0.596. The molecule has 0 saturated carbocycles. The molecule has 0 aliphatic heterocycles. The van der Waals surface area contributed by atoms with Gasteiger partial charge in [-0.3, -0.25) is 0 Å². The average Bonchev–Trinajstić information content (AvgIpc) is 2.74. The Morgan fingerprint density at radius 2 is 1.04 bits per heavy atom. The standard InChI is InChI=1S/C26H26N2/c1-20(2)24-9-5-7-11-26(24)28-18-14-23(15-19-28)22-12-16-27(17-13-22)25-10-6-4-8-21(25)3/h4-20H,1-3H3/q+2. The lowest BCUT2D eigenvalue weighted by Crippen LogP contribution is -2.31. The van der Waals surface area contributed by atoms with E-state index >= 15 is 0 Å². The van der Waals surface area contributed by atoms with Crippen molar-refractivity contribution in [3.05, 3.63) is 109 Å². The van der Waals surface area contributed by atoms with E-state index in [-0.39, 0.29) is 0 Å². The molecule has 0 saturated heterocycles. The molecular formula is C26H26N2+2. The fourth-order valence-electron chi connectivity index (χ4n) is 3.62. The Bertz CT molecular complexity index is 1080. The lowest BCUT2D eigenvalue weighted by atomic mass is 10.0. The molecule has 2 nitrogen and oxygen atoms in total. The molecule has 28 heavy (non-hydrogen) atoms. The quantitative estimate of drug-likeness (QED) is 0.431. The predicted octanol–water partition coefficient (Wildman–Crippen LogP) is 5.34. The number of benzene rings is 2. The fraction of sp³-hybridized carbons (Fsp3) is 0.154. The maximum atomic E-state index is 2.24. The van der Waals surface area contributed by atoms with Crippen molar-refractivity contribution in [2.75, 3.05) is 0 Å². The second kappa shape index (κ2) is 7.77. The van der Waals surface area contributed by atoms with Crippen LogP contribution in [0, 0.1) is 6.92 Å². The summed E-state index contributed by atoms with van der Waals surface area (Å²) in [7, 11) is 0. The third-order valence-corrected chi connectivity index (χ3v) is 5.22. The van der Waals surface area contributed by atoms with Gasteiger partial charge in [0.15, 0.2) is 24.8 Å². The molecule has 0 unspecified atom stereocenters. The van der Waals surface area contributed by atoms with Crippen LogP contribution in [0.2, 0.25) is 0 Å². The first-order valence-electron chi connectivity index (χ1n) is 9.82. The number of nitrogens with zero attached hydrogens (tertiary/aromatic N) is 2. The molecule has 0 radical (unpaired) electrons. The van der Waals surface area contributed by atoms with Gasteiger partial charge in [-0.15, -0.1) is 0 Å². The van der Waals surface area contributed by atoms with Crippen LogP contribution in [0.15, 0.2) is 97.6 Å². The van der Waals surface area contributed by atoms with Gasteiger partial charge in [-0.05, 0) is 24.0 Å². The van der Waals surface area contributed by atoms with Crippen molar-refractivity contribution in [1.29, 1.82) is 0 Å². The van der Waals surface area contributed by atoms with Gasteiger partial charge in [0.25, 0.3) is 0 Å². The highest BCUT2D eigenvalue weighted by molar-refractivity contribution is 5.61. The monoisotopic (exact) mass is 366 g/mol. The molecule has 0 N–H and O–H groups in total. The normalized spacial score (nSPS) is 11.0. The van der Waals surface area contributed by atoms with E-state index in [9.17, 15) is 0 Å². The average molecular weight is 367 g/mol. The summed E-state index contributed by atoms with van der Waals surface area (Å²) in [6.45, 7) is 6.62. The van der Waals surface area contributed by atoms with Crippen LogP contribution in [0.1, 0.15) is 30.9 Å². The van der Waals surface area contributed by atoms with Gasteiger partial charge in [-0.25, -0.2) is 0 Å². The van der Waals surface area contributed by atoms with E-state index in [4.69, 9.17) is 0 Å². The third kappa shape index (κ3) is 3.59. The maximum Gasteiger partial charge on any atom is 0.214 e. The summed E-state index contributed by atoms with van der Waals surface area (Å²) in [4.78, 5) is 0. The van der Waals surface area contributed by atoms with E-state index in [1.807, 2.05) is 0 Å². The summed E-state index contributed by atoms with van der Waals surface area (Å²) in [6.07, 6.45) is 8.57. The van der Waals surface area contributed by atoms with Gasteiger partial charge in [0.2, 0.25) is 11.4 Å². The van der Waals surface area contributed by atoms with Crippen LogP contribution in [-0.4, -0.2) is 0 Å². The molecule has 2 heterocycles. The molecule has 2 aromatic heterocycles. The summed E-state index contributed by atoms with van der Waals surface area (Å²) < 4.78 is 4.37. The zero-order valence-corrected chi connectivity index (χ0v) is 16.7. The first kappa shape index (κ1) is 18.1. The first-order chi connectivity index (χ1) is 13.6. The maximum absolute atomic E-state index is 2.24. The zero-order valence-electron chi connectivity index (χ0n) is 16.7. The molecule has 2 heteroatoms. The number of aromatic nitrogens is 2. The van der Waals surface area contributed by atoms with Crippen LogP contribution >= 0.6 is 0 Å². The van der Waals surface area contributed by atoms with Crippen molar-refractivity contribution in [2.45, 2.75) is 26.7 Å². The minimum absolute atomic E-state index is 0.495. The Balaban J connectivity index is 1.62. The molecule has 4 rings (SSSR count). The number of pyridine rings is 2. The van der Waals surface area contributed by atoms with Crippen molar-refractivity contribution in [3.8, 4) is 22.5 Å². The lowest BCUT2D eigenvalue weighted by Gasteiger charge is -2.08. The van der Waals surface area contributed by atoms with E-state index in [0.29, 0.717) is 5.92 Å². The molecule has 0 atom stereocenters. The second-order valence-corrected chi connectivity index (χ2v) is 7.49. The highest BCUT2D eigenvalue weighted by Crippen LogP contribution is 2.21. The summed E-state index contributed by atoms with van der Waals surface area (Å²) in [5, 5.41) is 0. The Morgan fingerprint density at radius 1 is 0.571 bits per heavy atom. The number of hydrogen-bond donors (Lipinski definition) is 0. The van der Waals surface area contributed by atoms with Crippen LogP contribution < -0.4 is 9.13 Å². The van der Waals surface area contributed by atoms with Crippen molar-refractivity contribution >= 4 is 0 Å². The minimum atomic E-state index is 0.495. The van der Waals surface area contributed by atoms with Crippen LogP contribution in [0.5, 0.6) is 0 Å². The Morgan fingerprint density at radius 3 is 1.57 bits per heavy atom. The van der Waals surface area contributed by atoms with Crippen LogP contribution in [-0.2, 0) is 0 Å². The molecule has 0 fully saturated rings. The molecule has 4 aromatic rings. The van der Waals surface area contributed by atoms with E-state index in [1.165, 1.54) is 33.6 Å². The highest BCUT2D eigenvalue weighted by atomic mass is 14.9. The molecule has 0 bridgehead atoms. The summed E-state index contributed by atoms with van der Waals surface area (Å²) in [5.41, 5.74) is 7.52. The minimum Gasteiger partial charge on any atom is -0.167 e. The molecular weight excluding hydrogens is 340 g/mol. The number of rotatable bonds is 4. The summed E-state index contributed by atoms with van der Waals surface area (Å²) >= 11 is 0. The van der Waals surface area contributed by atoms with E-state index in [0.717, 1.165) is 0 Å². The summed E-state index contributed by atoms with van der Waals surface area (Å²) in [5.74, 6) is 0.495. The van der Waals surface area contributed by atoms with Gasteiger partial charge >= 0.3 is 0 Å². The topological polar surface area (TPSA) is 7.76 Å². The fourth-order valence-corrected chi connectivity index (χ4v) is 3.62. The Kier molecular flexibility index (Phi) is 5.03. The van der Waals surface area contributed by atoms with Crippen molar-refractivity contribution in [3.63, 3.8) is 0 Å². The van der Waals surface area contributed by atoms with Gasteiger partial charge in [0, 0.05) is 47.5 Å². The predicted molar refractivity (Wildman–Crippen MR) is 114 cm³/mol. The second-order valence-electron chi connectivity index (χ2n) is 7.49. The Labute approximate surface area is 167 Å². The number of aryl methyl sites for hydroxylation is 1. The van der Waals surface area contributed by atoms with Gasteiger partial charge in [-0.2, -0.15) is 9.13 Å². The largest absolute Gasteiger partial charge is 0.214 e.